The van der Waals surface area contributed by atoms with Gasteiger partial charge in [0.2, 0.25) is 0 Å². The maximum absolute atomic E-state index is 12.0. The second-order valence-corrected chi connectivity index (χ2v) is 6.56. The fourth-order valence-electron chi connectivity index (χ4n) is 2.65. The van der Waals surface area contributed by atoms with Crippen LogP contribution in [-0.4, -0.2) is 68.5 Å². The Morgan fingerprint density at radius 2 is 2.04 bits per heavy atom. The van der Waals surface area contributed by atoms with E-state index in [-0.39, 0.29) is 6.61 Å². The lowest BCUT2D eigenvalue weighted by Crippen LogP contribution is -2.46. The minimum absolute atomic E-state index is 0.0589. The van der Waals surface area contributed by atoms with Crippen LogP contribution in [0.3, 0.4) is 0 Å². The van der Waals surface area contributed by atoms with Crippen LogP contribution >= 0.6 is 0 Å². The van der Waals surface area contributed by atoms with Crippen molar-refractivity contribution in [3.8, 4) is 0 Å². The zero-order chi connectivity index (χ0) is 18.2. The third-order valence-electron chi connectivity index (χ3n) is 4.02. The molecular formula is C16H31F3N4O. The van der Waals surface area contributed by atoms with Crippen molar-refractivity contribution in [2.45, 2.75) is 52.4 Å². The molecule has 5 nitrogen and oxygen atoms in total. The predicted molar refractivity (Wildman–Crippen MR) is 90.3 cm³/mol. The van der Waals surface area contributed by atoms with Crippen molar-refractivity contribution in [1.82, 2.24) is 15.5 Å². The van der Waals surface area contributed by atoms with E-state index < -0.39 is 12.8 Å². The molecule has 0 aliphatic carbocycles. The lowest BCUT2D eigenvalue weighted by atomic mass is 10.1. The molecule has 0 aromatic carbocycles. The van der Waals surface area contributed by atoms with E-state index in [0.717, 1.165) is 25.6 Å². The number of alkyl halides is 3. The molecule has 0 amide bonds. The fraction of sp³-hybridized carbons (Fsp3) is 0.938. The monoisotopic (exact) mass is 352 g/mol. The standard InChI is InChI=1S/C16H31F3N4O/c1-5-20-15(21-7-6-8-24-11-16(17,18)19)22-14-10-23(12(2)3)9-13(14)4/h12-14H,5-11H2,1-4H3,(H2,20,21,22). The number of nitrogens with zero attached hydrogens (tertiary/aromatic N) is 2. The summed E-state index contributed by atoms with van der Waals surface area (Å²) >= 11 is 0. The van der Waals surface area contributed by atoms with Crippen LogP contribution < -0.4 is 10.6 Å². The summed E-state index contributed by atoms with van der Waals surface area (Å²) in [6.45, 7) is 10.6. The van der Waals surface area contributed by atoms with Gasteiger partial charge in [0.1, 0.15) is 6.61 Å². The Hall–Kier alpha value is -1.02. The molecule has 1 aliphatic heterocycles. The van der Waals surface area contributed by atoms with Crippen LogP contribution in [0.25, 0.3) is 0 Å². The number of rotatable bonds is 8. The molecule has 2 atom stereocenters. The molecule has 0 saturated carbocycles. The zero-order valence-corrected chi connectivity index (χ0v) is 15.1. The van der Waals surface area contributed by atoms with Crippen LogP contribution in [0.4, 0.5) is 13.2 Å². The fourth-order valence-corrected chi connectivity index (χ4v) is 2.65. The van der Waals surface area contributed by atoms with Crippen molar-refractivity contribution in [2.24, 2.45) is 10.9 Å². The Morgan fingerprint density at radius 3 is 2.58 bits per heavy atom. The average molecular weight is 352 g/mol. The molecule has 1 fully saturated rings. The number of halogens is 3. The molecule has 24 heavy (non-hydrogen) atoms. The highest BCUT2D eigenvalue weighted by Crippen LogP contribution is 2.18. The largest absolute Gasteiger partial charge is 0.411 e. The number of likely N-dealkylation sites (tertiary alicyclic amines) is 1. The van der Waals surface area contributed by atoms with Crippen molar-refractivity contribution in [3.05, 3.63) is 0 Å². The Morgan fingerprint density at radius 1 is 1.33 bits per heavy atom. The van der Waals surface area contributed by atoms with Crippen LogP contribution in [0.2, 0.25) is 0 Å². The number of hydrogen-bond acceptors (Lipinski definition) is 3. The molecule has 142 valence electrons. The Balaban J connectivity index is 2.37. The number of hydrogen-bond donors (Lipinski definition) is 2. The van der Waals surface area contributed by atoms with Gasteiger partial charge in [-0.3, -0.25) is 9.89 Å². The van der Waals surface area contributed by atoms with Gasteiger partial charge in [-0.05, 0) is 33.1 Å². The summed E-state index contributed by atoms with van der Waals surface area (Å²) < 4.78 is 40.5. The first kappa shape index (κ1) is 21.0. The quantitative estimate of drug-likeness (QED) is 0.400. The zero-order valence-electron chi connectivity index (χ0n) is 15.1. The summed E-state index contributed by atoms with van der Waals surface area (Å²) in [6.07, 6.45) is -3.80. The van der Waals surface area contributed by atoms with Crippen molar-refractivity contribution in [2.75, 3.05) is 39.4 Å². The number of aliphatic imine (C=N–C) groups is 1. The van der Waals surface area contributed by atoms with Crippen molar-refractivity contribution in [3.63, 3.8) is 0 Å². The molecular weight excluding hydrogens is 321 g/mol. The Labute approximate surface area is 143 Å². The summed E-state index contributed by atoms with van der Waals surface area (Å²) in [5.74, 6) is 1.24. The molecule has 8 heteroatoms. The van der Waals surface area contributed by atoms with E-state index in [4.69, 9.17) is 0 Å². The minimum atomic E-state index is -4.26. The molecule has 0 radical (unpaired) electrons. The van der Waals surface area contributed by atoms with Gasteiger partial charge in [-0.2, -0.15) is 13.2 Å². The number of nitrogens with one attached hydrogen (secondary N) is 2. The van der Waals surface area contributed by atoms with Crippen LogP contribution in [-0.2, 0) is 4.74 Å². The van der Waals surface area contributed by atoms with Gasteiger partial charge >= 0.3 is 6.18 Å². The molecule has 0 spiro atoms. The van der Waals surface area contributed by atoms with Gasteiger partial charge < -0.3 is 15.4 Å². The van der Waals surface area contributed by atoms with Gasteiger partial charge in [-0.15, -0.1) is 0 Å². The van der Waals surface area contributed by atoms with E-state index in [2.05, 4.69) is 46.0 Å². The van der Waals surface area contributed by atoms with Crippen LogP contribution in [0.1, 0.15) is 34.1 Å². The summed E-state index contributed by atoms with van der Waals surface area (Å²) in [4.78, 5) is 6.86. The topological polar surface area (TPSA) is 48.9 Å². The first-order chi connectivity index (χ1) is 11.2. The molecule has 0 bridgehead atoms. The number of guanidine groups is 1. The van der Waals surface area contributed by atoms with E-state index >= 15 is 0 Å². The van der Waals surface area contributed by atoms with Gasteiger partial charge in [0.25, 0.3) is 0 Å². The maximum atomic E-state index is 12.0. The van der Waals surface area contributed by atoms with Crippen molar-refractivity contribution in [1.29, 1.82) is 0 Å². The average Bonchev–Trinajstić information content (AvgIpc) is 2.83. The van der Waals surface area contributed by atoms with E-state index in [0.29, 0.717) is 31.0 Å². The van der Waals surface area contributed by atoms with Gasteiger partial charge in [0.15, 0.2) is 5.96 Å². The smallest absolute Gasteiger partial charge is 0.372 e. The van der Waals surface area contributed by atoms with Gasteiger partial charge in [0.05, 0.1) is 0 Å². The number of ether oxygens (including phenoxy) is 1. The molecule has 1 aliphatic rings. The SMILES string of the molecule is CCNC(=NCCCOCC(F)(F)F)NC1CN(C(C)C)CC1C. The maximum Gasteiger partial charge on any atom is 0.411 e. The van der Waals surface area contributed by atoms with Gasteiger partial charge in [-0.25, -0.2) is 0 Å². The van der Waals surface area contributed by atoms with E-state index in [1.54, 1.807) is 0 Å². The second kappa shape index (κ2) is 10.1. The Kier molecular flexibility index (Phi) is 8.83. The normalized spacial score (nSPS) is 23.1. The van der Waals surface area contributed by atoms with Crippen LogP contribution in [0, 0.1) is 5.92 Å². The first-order valence-corrected chi connectivity index (χ1v) is 8.66. The minimum Gasteiger partial charge on any atom is -0.372 e. The Bertz CT molecular complexity index is 388. The lowest BCUT2D eigenvalue weighted by Gasteiger charge is -2.22. The molecule has 1 saturated heterocycles. The third kappa shape index (κ3) is 8.19. The second-order valence-electron chi connectivity index (χ2n) is 6.56. The van der Waals surface area contributed by atoms with Crippen LogP contribution in [0.5, 0.6) is 0 Å². The summed E-state index contributed by atoms with van der Waals surface area (Å²) in [5, 5.41) is 6.63. The van der Waals surface area contributed by atoms with E-state index in [1.165, 1.54) is 0 Å². The molecule has 1 heterocycles. The van der Waals surface area contributed by atoms with Crippen LogP contribution in [0.15, 0.2) is 4.99 Å². The molecule has 1 rings (SSSR count). The lowest BCUT2D eigenvalue weighted by molar-refractivity contribution is -0.173. The highest BCUT2D eigenvalue weighted by Gasteiger charge is 2.31. The van der Waals surface area contributed by atoms with Gasteiger partial charge in [0, 0.05) is 44.9 Å². The molecule has 0 aromatic heterocycles. The van der Waals surface area contributed by atoms with E-state index in [9.17, 15) is 13.2 Å². The molecule has 2 unspecified atom stereocenters. The summed E-state index contributed by atoms with van der Waals surface area (Å²) in [5.41, 5.74) is 0. The highest BCUT2D eigenvalue weighted by atomic mass is 19.4. The summed E-state index contributed by atoms with van der Waals surface area (Å²) in [6, 6.07) is 0.844. The van der Waals surface area contributed by atoms with Crippen molar-refractivity contribution >= 4 is 5.96 Å². The van der Waals surface area contributed by atoms with E-state index in [1.807, 2.05) is 6.92 Å². The van der Waals surface area contributed by atoms with Crippen molar-refractivity contribution < 1.29 is 17.9 Å². The summed E-state index contributed by atoms with van der Waals surface area (Å²) in [7, 11) is 0. The molecule has 0 aromatic rings. The third-order valence-corrected chi connectivity index (χ3v) is 4.02. The predicted octanol–water partition coefficient (Wildman–Crippen LogP) is 2.24. The van der Waals surface area contributed by atoms with Gasteiger partial charge in [-0.1, -0.05) is 6.92 Å². The first-order valence-electron chi connectivity index (χ1n) is 8.66. The highest BCUT2D eigenvalue weighted by molar-refractivity contribution is 5.80. The molecule has 2 N–H and O–H groups in total.